The van der Waals surface area contributed by atoms with E-state index in [1.165, 1.54) is 0 Å². The van der Waals surface area contributed by atoms with Gasteiger partial charge in [-0.05, 0) is 55.2 Å². The van der Waals surface area contributed by atoms with E-state index in [2.05, 4.69) is 44.6 Å². The molecule has 9 heteroatoms. The van der Waals surface area contributed by atoms with Crippen LogP contribution in [-0.2, 0) is 4.79 Å². The van der Waals surface area contributed by atoms with E-state index < -0.39 is 0 Å². The summed E-state index contributed by atoms with van der Waals surface area (Å²) in [5.74, 6) is 3.20. The van der Waals surface area contributed by atoms with Crippen LogP contribution in [-0.4, -0.2) is 40.3 Å². The van der Waals surface area contributed by atoms with Crippen molar-refractivity contribution in [2.45, 2.75) is 32.6 Å². The van der Waals surface area contributed by atoms with Crippen molar-refractivity contribution >= 4 is 34.1 Å². The molecule has 4 aromatic rings. The lowest BCUT2D eigenvalue weighted by Gasteiger charge is -2.11. The number of methoxy groups -OCH3 is 2. The molecule has 1 aliphatic rings. The lowest BCUT2D eigenvalue weighted by Crippen LogP contribution is -2.12. The summed E-state index contributed by atoms with van der Waals surface area (Å²) in [6.07, 6.45) is 3.79. The number of ether oxygens (including phenoxy) is 2. The third kappa shape index (κ3) is 6.06. The molecule has 2 heterocycles. The minimum absolute atomic E-state index is 0.134. The van der Waals surface area contributed by atoms with Crippen LogP contribution in [0.3, 0.4) is 0 Å². The van der Waals surface area contributed by atoms with Crippen LogP contribution in [0.5, 0.6) is 11.6 Å². The Balaban J connectivity index is 0.000000179. The molecule has 0 aliphatic heterocycles. The molecule has 1 amide bonds. The monoisotopic (exact) mass is 474 g/mol. The molecule has 0 atom stereocenters. The zero-order chi connectivity index (χ0) is 24.8. The van der Waals surface area contributed by atoms with E-state index in [4.69, 9.17) is 9.47 Å². The first-order valence-electron chi connectivity index (χ1n) is 11.5. The second-order valence-corrected chi connectivity index (χ2v) is 8.54. The largest absolute Gasteiger partial charge is 0.497 e. The van der Waals surface area contributed by atoms with Crippen LogP contribution in [0.1, 0.15) is 38.3 Å². The first-order chi connectivity index (χ1) is 17.0. The first-order valence-corrected chi connectivity index (χ1v) is 11.5. The number of anilines is 3. The number of para-hydroxylation sites is 1. The van der Waals surface area contributed by atoms with Crippen LogP contribution in [0.2, 0.25) is 0 Å². The average Bonchev–Trinajstić information content (AvgIpc) is 3.66. The van der Waals surface area contributed by atoms with Crippen molar-refractivity contribution in [1.82, 2.24) is 20.2 Å². The molecule has 5 rings (SSSR count). The van der Waals surface area contributed by atoms with E-state index in [-0.39, 0.29) is 11.8 Å². The van der Waals surface area contributed by atoms with Crippen molar-refractivity contribution in [1.29, 1.82) is 0 Å². The molecular formula is C26H30N6O3. The molecule has 0 unspecified atom stereocenters. The van der Waals surface area contributed by atoms with Crippen LogP contribution in [0.15, 0.2) is 54.7 Å². The van der Waals surface area contributed by atoms with Crippen molar-refractivity contribution in [3.8, 4) is 11.6 Å². The molecule has 0 radical (unpaired) electrons. The quantitative estimate of drug-likeness (QED) is 0.334. The number of hydrogen-bond acceptors (Lipinski definition) is 7. The van der Waals surface area contributed by atoms with Gasteiger partial charge in [-0.15, -0.1) is 0 Å². The van der Waals surface area contributed by atoms with E-state index in [1.807, 2.05) is 48.5 Å². The molecule has 35 heavy (non-hydrogen) atoms. The highest BCUT2D eigenvalue weighted by atomic mass is 16.5. The molecule has 2 aromatic heterocycles. The van der Waals surface area contributed by atoms with Crippen LogP contribution in [0.25, 0.3) is 10.9 Å². The number of carbonyl (C=O) groups excluding carboxylic acids is 1. The fourth-order valence-electron chi connectivity index (χ4n) is 3.34. The number of amides is 1. The Morgan fingerprint density at radius 2 is 1.77 bits per heavy atom. The zero-order valence-electron chi connectivity index (χ0n) is 20.3. The number of aromatic amines is 1. The number of rotatable bonds is 7. The predicted molar refractivity (Wildman–Crippen MR) is 136 cm³/mol. The maximum Gasteiger partial charge on any atom is 0.257 e. The summed E-state index contributed by atoms with van der Waals surface area (Å²) >= 11 is 0. The van der Waals surface area contributed by atoms with Gasteiger partial charge in [0.25, 0.3) is 5.88 Å². The van der Waals surface area contributed by atoms with E-state index >= 15 is 0 Å². The van der Waals surface area contributed by atoms with Crippen molar-refractivity contribution in [3.05, 3.63) is 60.4 Å². The fourth-order valence-corrected chi connectivity index (χ4v) is 3.34. The normalized spacial score (nSPS) is 12.6. The SMILES string of the molecule is COc1ccc(NC(=O)C2CC2)cc1.COc1ncc(C(C)C)nc1Nc1n[nH]c2ccccc12. The van der Waals surface area contributed by atoms with Gasteiger partial charge >= 0.3 is 0 Å². The third-order valence-electron chi connectivity index (χ3n) is 5.56. The molecule has 0 saturated heterocycles. The number of nitrogens with zero attached hydrogens (tertiary/aromatic N) is 3. The van der Waals surface area contributed by atoms with Crippen molar-refractivity contribution in [3.63, 3.8) is 0 Å². The van der Waals surface area contributed by atoms with Crippen LogP contribution in [0, 0.1) is 5.92 Å². The lowest BCUT2D eigenvalue weighted by atomic mass is 10.1. The summed E-state index contributed by atoms with van der Waals surface area (Å²) in [5.41, 5.74) is 2.70. The summed E-state index contributed by atoms with van der Waals surface area (Å²) in [6, 6.07) is 15.3. The Labute approximate surface area is 204 Å². The second-order valence-electron chi connectivity index (χ2n) is 8.54. The van der Waals surface area contributed by atoms with Gasteiger partial charge in [-0.3, -0.25) is 9.89 Å². The zero-order valence-corrected chi connectivity index (χ0v) is 20.3. The molecule has 9 nitrogen and oxygen atoms in total. The molecule has 1 fully saturated rings. The topological polar surface area (TPSA) is 114 Å². The smallest absolute Gasteiger partial charge is 0.257 e. The molecule has 0 spiro atoms. The van der Waals surface area contributed by atoms with Gasteiger partial charge in [0.15, 0.2) is 11.6 Å². The van der Waals surface area contributed by atoms with Crippen molar-refractivity contribution < 1.29 is 14.3 Å². The lowest BCUT2D eigenvalue weighted by molar-refractivity contribution is -0.117. The minimum atomic E-state index is 0.134. The molecule has 0 bridgehead atoms. The highest BCUT2D eigenvalue weighted by molar-refractivity contribution is 5.94. The van der Waals surface area contributed by atoms with Gasteiger partial charge in [-0.1, -0.05) is 26.0 Å². The molecule has 1 saturated carbocycles. The maximum absolute atomic E-state index is 11.4. The molecule has 182 valence electrons. The Morgan fingerprint density at radius 1 is 1.03 bits per heavy atom. The summed E-state index contributed by atoms with van der Waals surface area (Å²) in [4.78, 5) is 20.3. The Morgan fingerprint density at radius 3 is 2.43 bits per heavy atom. The fraction of sp³-hybridized carbons (Fsp3) is 0.308. The highest BCUT2D eigenvalue weighted by Crippen LogP contribution is 2.30. The van der Waals surface area contributed by atoms with E-state index in [9.17, 15) is 4.79 Å². The highest BCUT2D eigenvalue weighted by Gasteiger charge is 2.29. The van der Waals surface area contributed by atoms with Crippen LogP contribution >= 0.6 is 0 Å². The van der Waals surface area contributed by atoms with Crippen molar-refractivity contribution in [2.75, 3.05) is 24.9 Å². The van der Waals surface area contributed by atoms with Gasteiger partial charge in [-0.25, -0.2) is 9.97 Å². The van der Waals surface area contributed by atoms with Crippen LogP contribution in [0.4, 0.5) is 17.3 Å². The minimum Gasteiger partial charge on any atom is -0.497 e. The van der Waals surface area contributed by atoms with Gasteiger partial charge < -0.3 is 20.1 Å². The summed E-state index contributed by atoms with van der Waals surface area (Å²) in [6.45, 7) is 4.15. The molecular weight excluding hydrogens is 444 g/mol. The first kappa shape index (κ1) is 24.0. The Kier molecular flexibility index (Phi) is 7.45. The third-order valence-corrected chi connectivity index (χ3v) is 5.56. The van der Waals surface area contributed by atoms with Gasteiger partial charge in [0.2, 0.25) is 5.91 Å². The molecule has 3 N–H and O–H groups in total. The average molecular weight is 475 g/mol. The van der Waals surface area contributed by atoms with Crippen molar-refractivity contribution in [2.24, 2.45) is 5.92 Å². The maximum atomic E-state index is 11.4. The van der Waals surface area contributed by atoms with Crippen LogP contribution < -0.4 is 20.1 Å². The number of H-pyrrole nitrogens is 1. The number of fused-ring (bicyclic) bond motifs is 1. The van der Waals surface area contributed by atoms with Gasteiger partial charge in [0, 0.05) is 17.0 Å². The standard InChI is InChI=1S/C15H17N5O.C11H13NO2/c1-9(2)12-8-16-15(21-3)14(17-12)18-13-10-6-4-5-7-11(10)19-20-13;1-14-10-6-4-9(5-7-10)12-11(13)8-2-3-8/h4-9H,1-3H3,(H2,17,18,19,20);4-8H,2-3H2,1H3,(H,12,13). The van der Waals surface area contributed by atoms with Gasteiger partial charge in [0.1, 0.15) is 5.75 Å². The second kappa shape index (κ2) is 10.9. The number of aromatic nitrogens is 4. The van der Waals surface area contributed by atoms with Gasteiger partial charge in [-0.2, -0.15) is 5.10 Å². The van der Waals surface area contributed by atoms with E-state index in [1.54, 1.807) is 20.4 Å². The van der Waals surface area contributed by atoms with E-state index in [0.29, 0.717) is 23.4 Å². The van der Waals surface area contributed by atoms with E-state index in [0.717, 1.165) is 40.9 Å². The number of carbonyl (C=O) groups is 1. The predicted octanol–water partition coefficient (Wildman–Crippen LogP) is 5.27. The Hall–Kier alpha value is -4.14. The van der Waals surface area contributed by atoms with Gasteiger partial charge in [0.05, 0.1) is 31.6 Å². The molecule has 2 aromatic carbocycles. The Bertz CT molecular complexity index is 1280. The summed E-state index contributed by atoms with van der Waals surface area (Å²) < 4.78 is 10.3. The number of benzene rings is 2. The number of hydrogen-bond donors (Lipinski definition) is 3. The number of nitrogens with one attached hydrogen (secondary N) is 3. The molecule has 1 aliphatic carbocycles. The summed E-state index contributed by atoms with van der Waals surface area (Å²) in [7, 11) is 3.20. The summed E-state index contributed by atoms with van der Waals surface area (Å²) in [5, 5.41) is 14.3.